The molecule has 0 aliphatic heterocycles. The number of sulfonamides is 1. The number of ether oxygens (including phenoxy) is 1. The van der Waals surface area contributed by atoms with Gasteiger partial charge < -0.3 is 16.2 Å². The summed E-state index contributed by atoms with van der Waals surface area (Å²) >= 11 is 0. The molecule has 0 amide bonds. The third kappa shape index (κ3) is 5.13. The summed E-state index contributed by atoms with van der Waals surface area (Å²) in [6.45, 7) is -0.333. The molecule has 0 bridgehead atoms. The summed E-state index contributed by atoms with van der Waals surface area (Å²) in [7, 11) is -4.01. The van der Waals surface area contributed by atoms with Crippen molar-refractivity contribution < 1.29 is 22.3 Å². The first-order valence-electron chi connectivity index (χ1n) is 8.04. The van der Waals surface area contributed by atoms with E-state index in [2.05, 4.69) is 19.7 Å². The van der Waals surface area contributed by atoms with Crippen LogP contribution in [0.5, 0.6) is 0 Å². The molecule has 0 aliphatic carbocycles. The van der Waals surface area contributed by atoms with E-state index < -0.39 is 21.8 Å². The maximum atomic E-state index is 13.0. The fraction of sp³-hybridized carbons (Fsp3) is 0.0588. The van der Waals surface area contributed by atoms with E-state index in [-0.39, 0.29) is 40.5 Å². The molecule has 0 spiro atoms. The Morgan fingerprint density at radius 1 is 1.03 bits per heavy atom. The molecule has 0 radical (unpaired) electrons. The normalized spacial score (nSPS) is 11.1. The smallest absolute Gasteiger partial charge is 0.338 e. The highest BCUT2D eigenvalue weighted by molar-refractivity contribution is 7.92. The summed E-state index contributed by atoms with van der Waals surface area (Å²) in [5, 5.41) is 0. The molecule has 150 valence electrons. The third-order valence-electron chi connectivity index (χ3n) is 3.53. The van der Waals surface area contributed by atoms with E-state index in [4.69, 9.17) is 16.2 Å². The zero-order chi connectivity index (χ0) is 21.0. The molecule has 0 saturated carbocycles. The van der Waals surface area contributed by atoms with Crippen LogP contribution < -0.4 is 16.2 Å². The zero-order valence-electron chi connectivity index (χ0n) is 14.7. The van der Waals surface area contributed by atoms with E-state index in [1.165, 1.54) is 30.3 Å². The van der Waals surface area contributed by atoms with Gasteiger partial charge in [-0.25, -0.2) is 17.6 Å². The van der Waals surface area contributed by atoms with E-state index >= 15 is 0 Å². The van der Waals surface area contributed by atoms with Crippen molar-refractivity contribution in [3.8, 4) is 0 Å². The first-order chi connectivity index (χ1) is 13.7. The number of carbonyl (C=O) groups is 1. The van der Waals surface area contributed by atoms with Crippen LogP contribution in [-0.2, 0) is 21.4 Å². The number of nitrogens with two attached hydrogens (primary N) is 2. The van der Waals surface area contributed by atoms with Gasteiger partial charge in [-0.2, -0.15) is 15.0 Å². The van der Waals surface area contributed by atoms with Crippen LogP contribution in [0.25, 0.3) is 0 Å². The largest absolute Gasteiger partial charge is 0.454 e. The van der Waals surface area contributed by atoms with Gasteiger partial charge in [-0.05, 0) is 42.5 Å². The quantitative estimate of drug-likeness (QED) is 0.501. The van der Waals surface area contributed by atoms with Gasteiger partial charge in [-0.15, -0.1) is 0 Å². The number of aromatic nitrogens is 3. The maximum Gasteiger partial charge on any atom is 0.338 e. The van der Waals surface area contributed by atoms with Gasteiger partial charge in [0.05, 0.1) is 10.5 Å². The number of nitrogens with one attached hydrogen (secondary N) is 1. The summed E-state index contributed by atoms with van der Waals surface area (Å²) in [6.07, 6.45) is 0. The number of anilines is 3. The molecule has 2 aromatic carbocycles. The van der Waals surface area contributed by atoms with Gasteiger partial charge >= 0.3 is 5.97 Å². The van der Waals surface area contributed by atoms with Crippen molar-refractivity contribution in [2.75, 3.05) is 16.2 Å². The SMILES string of the molecule is Nc1nc(N)nc(COC(=O)c2cccc(S(=O)(=O)Nc3ccc(F)cc3)c2)n1. The van der Waals surface area contributed by atoms with Crippen molar-refractivity contribution in [2.45, 2.75) is 11.5 Å². The van der Waals surface area contributed by atoms with Crippen LogP contribution in [0.1, 0.15) is 16.2 Å². The van der Waals surface area contributed by atoms with Crippen LogP contribution in [0.15, 0.2) is 53.4 Å². The number of hydrogen-bond acceptors (Lipinski definition) is 9. The molecule has 0 aliphatic rings. The van der Waals surface area contributed by atoms with Crippen LogP contribution in [0.2, 0.25) is 0 Å². The Kier molecular flexibility index (Phi) is 5.54. The van der Waals surface area contributed by atoms with Crippen molar-refractivity contribution in [1.29, 1.82) is 0 Å². The average Bonchev–Trinajstić information content (AvgIpc) is 2.67. The summed E-state index contributed by atoms with van der Waals surface area (Å²) in [6, 6.07) is 10.00. The van der Waals surface area contributed by atoms with Gasteiger partial charge in [0.15, 0.2) is 12.4 Å². The van der Waals surface area contributed by atoms with Crippen molar-refractivity contribution in [3.05, 3.63) is 65.7 Å². The highest BCUT2D eigenvalue weighted by Gasteiger charge is 2.17. The fourth-order valence-corrected chi connectivity index (χ4v) is 3.36. The lowest BCUT2D eigenvalue weighted by molar-refractivity contribution is 0.0462. The lowest BCUT2D eigenvalue weighted by Crippen LogP contribution is -2.14. The minimum Gasteiger partial charge on any atom is -0.454 e. The second-order valence-corrected chi connectivity index (χ2v) is 7.37. The van der Waals surface area contributed by atoms with E-state index in [1.54, 1.807) is 0 Å². The molecule has 12 heteroatoms. The number of benzene rings is 2. The molecule has 5 N–H and O–H groups in total. The molecule has 0 atom stereocenters. The van der Waals surface area contributed by atoms with Gasteiger partial charge in [0.2, 0.25) is 11.9 Å². The summed E-state index contributed by atoms with van der Waals surface area (Å²) in [5.41, 5.74) is 11.0. The number of halogens is 1. The molecule has 3 rings (SSSR count). The molecule has 0 unspecified atom stereocenters. The molecular weight excluding hydrogens is 403 g/mol. The topological polar surface area (TPSA) is 163 Å². The van der Waals surface area contributed by atoms with Gasteiger partial charge in [0.25, 0.3) is 10.0 Å². The Labute approximate surface area is 164 Å². The van der Waals surface area contributed by atoms with Gasteiger partial charge in [-0.1, -0.05) is 6.07 Å². The number of esters is 1. The minimum absolute atomic E-state index is 0.0121. The standard InChI is InChI=1S/C17H15FN6O4S/c18-11-4-6-12(7-5-11)24-29(26,27)13-3-1-2-10(8-13)15(25)28-9-14-21-16(19)23-17(20)22-14/h1-8,24H,9H2,(H4,19,20,21,22,23). The van der Waals surface area contributed by atoms with Gasteiger partial charge in [-0.3, -0.25) is 4.72 Å². The van der Waals surface area contributed by atoms with Crippen LogP contribution >= 0.6 is 0 Å². The summed E-state index contributed by atoms with van der Waals surface area (Å²) in [5.74, 6) is -1.50. The van der Waals surface area contributed by atoms with Crippen molar-refractivity contribution in [3.63, 3.8) is 0 Å². The second kappa shape index (κ2) is 8.06. The van der Waals surface area contributed by atoms with E-state index in [1.807, 2.05) is 0 Å². The molecule has 1 heterocycles. The van der Waals surface area contributed by atoms with Gasteiger partial charge in [0.1, 0.15) is 5.82 Å². The molecule has 10 nitrogen and oxygen atoms in total. The highest BCUT2D eigenvalue weighted by Crippen LogP contribution is 2.18. The Morgan fingerprint density at radius 3 is 2.34 bits per heavy atom. The minimum atomic E-state index is -4.01. The molecule has 0 saturated heterocycles. The zero-order valence-corrected chi connectivity index (χ0v) is 15.6. The number of hydrogen-bond donors (Lipinski definition) is 3. The van der Waals surface area contributed by atoms with E-state index in [0.717, 1.165) is 18.2 Å². The number of rotatable bonds is 6. The van der Waals surface area contributed by atoms with E-state index in [0.29, 0.717) is 0 Å². The number of nitrogens with zero attached hydrogens (tertiary/aromatic N) is 3. The number of nitrogen functional groups attached to an aromatic ring is 2. The molecular formula is C17H15FN6O4S. The lowest BCUT2D eigenvalue weighted by atomic mass is 10.2. The summed E-state index contributed by atoms with van der Waals surface area (Å²) in [4.78, 5) is 23.2. The Balaban J connectivity index is 1.73. The van der Waals surface area contributed by atoms with Gasteiger partial charge in [0, 0.05) is 5.69 Å². The molecule has 3 aromatic rings. The molecule has 0 fully saturated rings. The monoisotopic (exact) mass is 418 g/mol. The average molecular weight is 418 g/mol. The Hall–Kier alpha value is -3.80. The predicted octanol–water partition coefficient (Wildman–Crippen LogP) is 1.33. The van der Waals surface area contributed by atoms with Crippen molar-refractivity contribution in [1.82, 2.24) is 15.0 Å². The molecule has 1 aromatic heterocycles. The Bertz CT molecular complexity index is 1130. The van der Waals surface area contributed by atoms with E-state index in [9.17, 15) is 17.6 Å². The van der Waals surface area contributed by atoms with Crippen LogP contribution in [0, 0.1) is 5.82 Å². The van der Waals surface area contributed by atoms with Crippen molar-refractivity contribution in [2.24, 2.45) is 0 Å². The maximum absolute atomic E-state index is 13.0. The third-order valence-corrected chi connectivity index (χ3v) is 4.90. The second-order valence-electron chi connectivity index (χ2n) is 5.68. The predicted molar refractivity (Wildman–Crippen MR) is 101 cm³/mol. The van der Waals surface area contributed by atoms with Crippen LogP contribution in [0.3, 0.4) is 0 Å². The fourth-order valence-electron chi connectivity index (χ4n) is 2.26. The van der Waals surface area contributed by atoms with Crippen LogP contribution in [0.4, 0.5) is 22.0 Å². The first kappa shape index (κ1) is 19.9. The lowest BCUT2D eigenvalue weighted by Gasteiger charge is -2.09. The first-order valence-corrected chi connectivity index (χ1v) is 9.53. The summed E-state index contributed by atoms with van der Waals surface area (Å²) < 4.78 is 45.3. The van der Waals surface area contributed by atoms with Crippen LogP contribution in [-0.4, -0.2) is 29.3 Å². The molecule has 29 heavy (non-hydrogen) atoms. The van der Waals surface area contributed by atoms with Crippen molar-refractivity contribution >= 4 is 33.6 Å². The number of carbonyl (C=O) groups excluding carboxylic acids is 1. The highest BCUT2D eigenvalue weighted by atomic mass is 32.2. The Morgan fingerprint density at radius 2 is 1.69 bits per heavy atom.